The SMILES string of the molecule is Cc1nc2ccccc2nc1NCC1CCC(Cl)C1. The number of anilines is 1. The third-order valence-electron chi connectivity index (χ3n) is 3.78. The van der Waals surface area contributed by atoms with Crippen LogP contribution in [0.5, 0.6) is 0 Å². The fraction of sp³-hybridized carbons (Fsp3) is 0.467. The largest absolute Gasteiger partial charge is 0.368 e. The van der Waals surface area contributed by atoms with Crippen molar-refractivity contribution < 1.29 is 0 Å². The van der Waals surface area contributed by atoms with Gasteiger partial charge in [-0.25, -0.2) is 9.97 Å². The standard InChI is InChI=1S/C15H18ClN3/c1-10-15(17-9-11-6-7-12(16)8-11)19-14-5-3-2-4-13(14)18-10/h2-5,11-12H,6-9H2,1H3,(H,17,19). The molecule has 0 aliphatic heterocycles. The topological polar surface area (TPSA) is 37.8 Å². The average molecular weight is 276 g/mol. The Balaban J connectivity index is 1.75. The Morgan fingerprint density at radius 1 is 1.21 bits per heavy atom. The Bertz CT molecular complexity index is 585. The first-order valence-electron chi connectivity index (χ1n) is 6.83. The number of hydrogen-bond donors (Lipinski definition) is 1. The van der Waals surface area contributed by atoms with Crippen LogP contribution in [0.4, 0.5) is 5.82 Å². The van der Waals surface area contributed by atoms with Crippen molar-refractivity contribution in [3.63, 3.8) is 0 Å². The van der Waals surface area contributed by atoms with Crippen LogP contribution in [0.1, 0.15) is 25.0 Å². The first kappa shape index (κ1) is 12.7. The fourth-order valence-electron chi connectivity index (χ4n) is 2.70. The van der Waals surface area contributed by atoms with Gasteiger partial charge in [0.05, 0.1) is 16.7 Å². The summed E-state index contributed by atoms with van der Waals surface area (Å²) < 4.78 is 0. The highest BCUT2D eigenvalue weighted by Gasteiger charge is 2.22. The van der Waals surface area contributed by atoms with E-state index in [1.165, 1.54) is 6.42 Å². The van der Waals surface area contributed by atoms with Crippen LogP contribution in [-0.4, -0.2) is 21.9 Å². The molecule has 3 nitrogen and oxygen atoms in total. The molecule has 1 aromatic carbocycles. The predicted molar refractivity (Wildman–Crippen MR) is 79.7 cm³/mol. The van der Waals surface area contributed by atoms with Crippen molar-refractivity contribution in [1.82, 2.24) is 9.97 Å². The van der Waals surface area contributed by atoms with Crippen LogP contribution in [0, 0.1) is 12.8 Å². The first-order valence-corrected chi connectivity index (χ1v) is 7.27. The van der Waals surface area contributed by atoms with E-state index in [-0.39, 0.29) is 0 Å². The van der Waals surface area contributed by atoms with Gasteiger partial charge in [-0.15, -0.1) is 11.6 Å². The van der Waals surface area contributed by atoms with Crippen LogP contribution in [0.2, 0.25) is 0 Å². The number of hydrogen-bond acceptors (Lipinski definition) is 3. The number of halogens is 1. The molecule has 0 saturated heterocycles. The van der Waals surface area contributed by atoms with Crippen LogP contribution >= 0.6 is 11.6 Å². The second-order valence-corrected chi connectivity index (χ2v) is 5.92. The molecule has 4 heteroatoms. The van der Waals surface area contributed by atoms with Crippen molar-refractivity contribution in [3.05, 3.63) is 30.0 Å². The van der Waals surface area contributed by atoms with E-state index in [1.54, 1.807) is 0 Å². The quantitative estimate of drug-likeness (QED) is 0.867. The van der Waals surface area contributed by atoms with Gasteiger partial charge in [0, 0.05) is 11.9 Å². The summed E-state index contributed by atoms with van der Waals surface area (Å²) in [6, 6.07) is 7.97. The molecule has 1 N–H and O–H groups in total. The molecule has 0 amide bonds. The summed E-state index contributed by atoms with van der Waals surface area (Å²) in [4.78, 5) is 9.23. The van der Waals surface area contributed by atoms with Gasteiger partial charge in [0.25, 0.3) is 0 Å². The van der Waals surface area contributed by atoms with Gasteiger partial charge in [0.1, 0.15) is 5.82 Å². The van der Waals surface area contributed by atoms with E-state index in [4.69, 9.17) is 11.6 Å². The molecule has 1 saturated carbocycles. The number of nitrogens with one attached hydrogen (secondary N) is 1. The summed E-state index contributed by atoms with van der Waals surface area (Å²) >= 11 is 6.14. The van der Waals surface area contributed by atoms with Crippen LogP contribution < -0.4 is 5.32 Å². The molecule has 0 bridgehead atoms. The molecule has 1 heterocycles. The Kier molecular flexibility index (Phi) is 3.56. The molecule has 0 radical (unpaired) electrons. The van der Waals surface area contributed by atoms with Crippen LogP contribution in [0.15, 0.2) is 24.3 Å². The summed E-state index contributed by atoms with van der Waals surface area (Å²) in [7, 11) is 0. The van der Waals surface area contributed by atoms with E-state index >= 15 is 0 Å². The molecule has 2 aromatic rings. The lowest BCUT2D eigenvalue weighted by Gasteiger charge is -2.13. The molecule has 19 heavy (non-hydrogen) atoms. The van der Waals surface area contributed by atoms with Gasteiger partial charge in [-0.2, -0.15) is 0 Å². The van der Waals surface area contributed by atoms with Gasteiger partial charge in [0.2, 0.25) is 0 Å². The van der Waals surface area contributed by atoms with Crippen LogP contribution in [0.3, 0.4) is 0 Å². The average Bonchev–Trinajstić information content (AvgIpc) is 2.82. The maximum atomic E-state index is 6.14. The number of aryl methyl sites for hydroxylation is 1. The van der Waals surface area contributed by atoms with E-state index < -0.39 is 0 Å². The molecule has 2 unspecified atom stereocenters. The van der Waals surface area contributed by atoms with E-state index in [0.29, 0.717) is 11.3 Å². The zero-order valence-corrected chi connectivity index (χ0v) is 11.8. The van der Waals surface area contributed by atoms with Crippen molar-refractivity contribution in [2.75, 3.05) is 11.9 Å². The molecule has 1 aliphatic carbocycles. The number of aromatic nitrogens is 2. The van der Waals surface area contributed by atoms with E-state index in [1.807, 2.05) is 31.2 Å². The number of nitrogens with zero attached hydrogens (tertiary/aromatic N) is 2. The minimum atomic E-state index is 0.357. The Morgan fingerprint density at radius 2 is 1.95 bits per heavy atom. The fourth-order valence-corrected chi connectivity index (χ4v) is 3.07. The summed E-state index contributed by atoms with van der Waals surface area (Å²) in [5.74, 6) is 1.56. The Morgan fingerprint density at radius 3 is 2.63 bits per heavy atom. The first-order chi connectivity index (χ1) is 9.22. The number of benzene rings is 1. The highest BCUT2D eigenvalue weighted by molar-refractivity contribution is 6.20. The van der Waals surface area contributed by atoms with Gasteiger partial charge in [-0.3, -0.25) is 0 Å². The number of para-hydroxylation sites is 2. The van der Waals surface area contributed by atoms with E-state index in [9.17, 15) is 0 Å². The van der Waals surface area contributed by atoms with Crippen molar-refractivity contribution in [1.29, 1.82) is 0 Å². The Hall–Kier alpha value is -1.35. The van der Waals surface area contributed by atoms with Crippen molar-refractivity contribution in [2.45, 2.75) is 31.6 Å². The molecule has 100 valence electrons. The lowest BCUT2D eigenvalue weighted by Crippen LogP contribution is -2.14. The minimum Gasteiger partial charge on any atom is -0.368 e. The summed E-state index contributed by atoms with van der Waals surface area (Å²) in [5.41, 5.74) is 2.85. The maximum Gasteiger partial charge on any atom is 0.148 e. The zero-order valence-electron chi connectivity index (χ0n) is 11.1. The third-order valence-corrected chi connectivity index (χ3v) is 4.18. The summed E-state index contributed by atoms with van der Waals surface area (Å²) in [6.45, 7) is 2.94. The molecular weight excluding hydrogens is 258 g/mol. The normalized spacial score (nSPS) is 22.8. The number of rotatable bonds is 3. The molecule has 0 spiro atoms. The highest BCUT2D eigenvalue weighted by atomic mass is 35.5. The van der Waals surface area contributed by atoms with Crippen molar-refractivity contribution >= 4 is 28.5 Å². The maximum absolute atomic E-state index is 6.14. The predicted octanol–water partition coefficient (Wildman–Crippen LogP) is 3.76. The van der Waals surface area contributed by atoms with Gasteiger partial charge in [-0.05, 0) is 44.2 Å². The van der Waals surface area contributed by atoms with Gasteiger partial charge >= 0.3 is 0 Å². The molecule has 3 rings (SSSR count). The Labute approximate surface area is 118 Å². The second kappa shape index (κ2) is 5.33. The molecule has 2 atom stereocenters. The van der Waals surface area contributed by atoms with Gasteiger partial charge < -0.3 is 5.32 Å². The van der Waals surface area contributed by atoms with Gasteiger partial charge in [0.15, 0.2) is 0 Å². The third kappa shape index (κ3) is 2.81. The van der Waals surface area contributed by atoms with Crippen molar-refractivity contribution in [3.8, 4) is 0 Å². The van der Waals surface area contributed by atoms with E-state index in [0.717, 1.165) is 41.9 Å². The highest BCUT2D eigenvalue weighted by Crippen LogP contribution is 2.29. The minimum absolute atomic E-state index is 0.357. The molecule has 1 aromatic heterocycles. The molecular formula is C15H18ClN3. The van der Waals surface area contributed by atoms with Crippen LogP contribution in [0.25, 0.3) is 11.0 Å². The lowest BCUT2D eigenvalue weighted by molar-refractivity contribution is 0.579. The smallest absolute Gasteiger partial charge is 0.148 e. The van der Waals surface area contributed by atoms with Crippen LogP contribution in [-0.2, 0) is 0 Å². The second-order valence-electron chi connectivity index (χ2n) is 5.30. The van der Waals surface area contributed by atoms with Crippen molar-refractivity contribution in [2.24, 2.45) is 5.92 Å². The number of alkyl halides is 1. The van der Waals surface area contributed by atoms with E-state index in [2.05, 4.69) is 15.3 Å². The summed E-state index contributed by atoms with van der Waals surface area (Å²) in [5, 5.41) is 3.79. The zero-order chi connectivity index (χ0) is 13.2. The molecule has 1 aliphatic rings. The molecule has 1 fully saturated rings. The monoisotopic (exact) mass is 275 g/mol. The number of fused-ring (bicyclic) bond motifs is 1. The summed E-state index contributed by atoms with van der Waals surface area (Å²) in [6.07, 6.45) is 3.45. The van der Waals surface area contributed by atoms with Gasteiger partial charge in [-0.1, -0.05) is 12.1 Å². The lowest BCUT2D eigenvalue weighted by atomic mass is 10.1.